The SMILES string of the molecule is Cc1cccc(C(=O)NC(C(=O)N(C)Cc2ccc(Br)s2)C(C)C)c1. The number of thiophene rings is 1. The van der Waals surface area contributed by atoms with Crippen LogP contribution in [0.4, 0.5) is 0 Å². The van der Waals surface area contributed by atoms with E-state index in [-0.39, 0.29) is 17.7 Å². The van der Waals surface area contributed by atoms with Gasteiger partial charge in [0.1, 0.15) is 6.04 Å². The molecule has 1 heterocycles. The van der Waals surface area contributed by atoms with Gasteiger partial charge in [-0.2, -0.15) is 0 Å². The summed E-state index contributed by atoms with van der Waals surface area (Å²) in [5.41, 5.74) is 1.59. The van der Waals surface area contributed by atoms with Gasteiger partial charge in [-0.15, -0.1) is 11.3 Å². The van der Waals surface area contributed by atoms with Crippen molar-refractivity contribution >= 4 is 39.1 Å². The van der Waals surface area contributed by atoms with Crippen LogP contribution < -0.4 is 5.32 Å². The van der Waals surface area contributed by atoms with Crippen LogP contribution in [0.1, 0.15) is 34.6 Å². The summed E-state index contributed by atoms with van der Waals surface area (Å²) < 4.78 is 1.04. The first-order chi connectivity index (χ1) is 11.8. The second-order valence-electron chi connectivity index (χ2n) is 6.46. The van der Waals surface area contributed by atoms with Crippen LogP contribution in [0, 0.1) is 12.8 Å². The quantitative estimate of drug-likeness (QED) is 0.756. The van der Waals surface area contributed by atoms with E-state index in [9.17, 15) is 9.59 Å². The fraction of sp³-hybridized carbons (Fsp3) is 0.368. The smallest absolute Gasteiger partial charge is 0.251 e. The standard InChI is InChI=1S/C19H23BrN2O2S/c1-12(2)17(21-18(23)14-7-5-6-13(3)10-14)19(24)22(4)11-15-8-9-16(20)25-15/h5-10,12,17H,11H2,1-4H3,(H,21,23). The summed E-state index contributed by atoms with van der Waals surface area (Å²) in [6.45, 7) is 6.34. The number of carbonyl (C=O) groups is 2. The van der Waals surface area contributed by atoms with E-state index >= 15 is 0 Å². The Labute approximate surface area is 161 Å². The maximum absolute atomic E-state index is 12.8. The predicted octanol–water partition coefficient (Wildman–Crippen LogP) is 4.23. The Kier molecular flexibility index (Phi) is 6.79. The minimum atomic E-state index is -0.554. The average Bonchev–Trinajstić information content (AvgIpc) is 2.96. The Bertz CT molecular complexity index is 757. The van der Waals surface area contributed by atoms with Gasteiger partial charge in [0.25, 0.3) is 5.91 Å². The van der Waals surface area contributed by atoms with Crippen LogP contribution in [0.2, 0.25) is 0 Å². The number of nitrogens with one attached hydrogen (secondary N) is 1. The molecule has 1 atom stereocenters. The van der Waals surface area contributed by atoms with Crippen LogP contribution in [0.3, 0.4) is 0 Å². The molecular weight excluding hydrogens is 400 g/mol. The van der Waals surface area contributed by atoms with E-state index in [1.165, 1.54) is 0 Å². The van der Waals surface area contributed by atoms with Crippen molar-refractivity contribution in [2.45, 2.75) is 33.4 Å². The van der Waals surface area contributed by atoms with Gasteiger partial charge in [-0.25, -0.2) is 0 Å². The summed E-state index contributed by atoms with van der Waals surface area (Å²) in [7, 11) is 1.77. The van der Waals surface area contributed by atoms with Crippen LogP contribution >= 0.6 is 27.3 Å². The van der Waals surface area contributed by atoms with Gasteiger partial charge in [0.15, 0.2) is 0 Å². The van der Waals surface area contributed by atoms with Gasteiger partial charge in [0.05, 0.1) is 10.3 Å². The van der Waals surface area contributed by atoms with E-state index in [1.807, 2.05) is 51.1 Å². The van der Waals surface area contributed by atoms with Gasteiger partial charge in [0, 0.05) is 17.5 Å². The highest BCUT2D eigenvalue weighted by atomic mass is 79.9. The van der Waals surface area contributed by atoms with E-state index in [1.54, 1.807) is 29.4 Å². The number of carbonyl (C=O) groups excluding carboxylic acids is 2. The topological polar surface area (TPSA) is 49.4 Å². The zero-order valence-electron chi connectivity index (χ0n) is 14.9. The van der Waals surface area contributed by atoms with Crippen LogP contribution in [-0.2, 0) is 11.3 Å². The fourth-order valence-electron chi connectivity index (χ4n) is 2.51. The first-order valence-corrected chi connectivity index (χ1v) is 9.75. The molecule has 0 aliphatic carbocycles. The molecule has 2 amide bonds. The second-order valence-corrected chi connectivity index (χ2v) is 9.01. The first-order valence-electron chi connectivity index (χ1n) is 8.14. The zero-order chi connectivity index (χ0) is 18.6. The van der Waals surface area contributed by atoms with Crippen LogP contribution in [0.25, 0.3) is 0 Å². The summed E-state index contributed by atoms with van der Waals surface area (Å²) >= 11 is 5.04. The molecule has 1 aromatic carbocycles. The zero-order valence-corrected chi connectivity index (χ0v) is 17.3. The molecule has 1 N–H and O–H groups in total. The number of nitrogens with zero attached hydrogens (tertiary/aromatic N) is 1. The van der Waals surface area contributed by atoms with Gasteiger partial charge in [0.2, 0.25) is 5.91 Å². The molecule has 2 rings (SSSR count). The van der Waals surface area contributed by atoms with E-state index < -0.39 is 6.04 Å². The third kappa shape index (κ3) is 5.41. The van der Waals surface area contributed by atoms with Crippen molar-refractivity contribution in [2.24, 2.45) is 5.92 Å². The highest BCUT2D eigenvalue weighted by Gasteiger charge is 2.27. The molecule has 0 aliphatic rings. The highest BCUT2D eigenvalue weighted by Crippen LogP contribution is 2.23. The van der Waals surface area contributed by atoms with Gasteiger partial charge in [-0.05, 0) is 53.0 Å². The monoisotopic (exact) mass is 422 g/mol. The Balaban J connectivity index is 2.08. The Morgan fingerprint density at radius 2 is 1.96 bits per heavy atom. The molecule has 0 radical (unpaired) electrons. The fourth-order valence-corrected chi connectivity index (χ4v) is 4.05. The lowest BCUT2D eigenvalue weighted by molar-refractivity contribution is -0.133. The molecule has 0 fully saturated rings. The van der Waals surface area contributed by atoms with Gasteiger partial charge >= 0.3 is 0 Å². The van der Waals surface area contributed by atoms with Crippen molar-refractivity contribution in [1.82, 2.24) is 10.2 Å². The van der Waals surface area contributed by atoms with Crippen molar-refractivity contribution < 1.29 is 9.59 Å². The first kappa shape index (κ1) is 19.7. The summed E-state index contributed by atoms with van der Waals surface area (Å²) in [5.74, 6) is -0.303. The third-order valence-electron chi connectivity index (χ3n) is 3.90. The van der Waals surface area contributed by atoms with Crippen molar-refractivity contribution in [1.29, 1.82) is 0 Å². The molecule has 0 aliphatic heterocycles. The maximum atomic E-state index is 12.8. The van der Waals surface area contributed by atoms with E-state index in [4.69, 9.17) is 0 Å². The van der Waals surface area contributed by atoms with E-state index in [0.717, 1.165) is 14.2 Å². The molecular formula is C19H23BrN2O2S. The molecule has 0 spiro atoms. The van der Waals surface area contributed by atoms with Crippen molar-refractivity contribution in [2.75, 3.05) is 7.05 Å². The van der Waals surface area contributed by atoms with Crippen molar-refractivity contribution in [3.63, 3.8) is 0 Å². The number of rotatable bonds is 6. The van der Waals surface area contributed by atoms with Crippen LogP contribution in [0.5, 0.6) is 0 Å². The number of halogens is 1. The average molecular weight is 423 g/mol. The molecule has 2 aromatic rings. The molecule has 6 heteroatoms. The second kappa shape index (κ2) is 8.63. The molecule has 0 saturated carbocycles. The minimum absolute atomic E-state index is 0.00113. The lowest BCUT2D eigenvalue weighted by Crippen LogP contribution is -2.50. The Hall–Kier alpha value is -1.66. The number of hydrogen-bond acceptors (Lipinski definition) is 3. The Morgan fingerprint density at radius 1 is 1.24 bits per heavy atom. The van der Waals surface area contributed by atoms with Crippen molar-refractivity contribution in [3.8, 4) is 0 Å². The number of hydrogen-bond donors (Lipinski definition) is 1. The summed E-state index contributed by atoms with van der Waals surface area (Å²) in [4.78, 5) is 28.1. The number of likely N-dealkylation sites (N-methyl/N-ethyl adjacent to an activating group) is 1. The van der Waals surface area contributed by atoms with Gasteiger partial charge in [-0.1, -0.05) is 31.5 Å². The highest BCUT2D eigenvalue weighted by molar-refractivity contribution is 9.11. The Morgan fingerprint density at radius 3 is 2.52 bits per heavy atom. The molecule has 1 aromatic heterocycles. The molecule has 4 nitrogen and oxygen atoms in total. The molecule has 25 heavy (non-hydrogen) atoms. The molecule has 134 valence electrons. The number of amides is 2. The normalized spacial score (nSPS) is 12.1. The maximum Gasteiger partial charge on any atom is 0.251 e. The van der Waals surface area contributed by atoms with Gasteiger partial charge < -0.3 is 10.2 Å². The number of benzene rings is 1. The van der Waals surface area contributed by atoms with Crippen LogP contribution in [-0.4, -0.2) is 29.8 Å². The predicted molar refractivity (Wildman–Crippen MR) is 106 cm³/mol. The lowest BCUT2D eigenvalue weighted by Gasteiger charge is -2.27. The lowest BCUT2D eigenvalue weighted by atomic mass is 10.0. The van der Waals surface area contributed by atoms with Gasteiger partial charge in [-0.3, -0.25) is 9.59 Å². The van der Waals surface area contributed by atoms with E-state index in [2.05, 4.69) is 21.2 Å². The molecule has 1 unspecified atom stereocenters. The van der Waals surface area contributed by atoms with Crippen molar-refractivity contribution in [3.05, 3.63) is 56.2 Å². The summed E-state index contributed by atoms with van der Waals surface area (Å²) in [6, 6.07) is 10.8. The number of aryl methyl sites for hydroxylation is 1. The molecule has 0 saturated heterocycles. The third-order valence-corrected chi connectivity index (χ3v) is 5.51. The van der Waals surface area contributed by atoms with Crippen LogP contribution in [0.15, 0.2) is 40.2 Å². The van der Waals surface area contributed by atoms with E-state index in [0.29, 0.717) is 12.1 Å². The summed E-state index contributed by atoms with van der Waals surface area (Å²) in [5, 5.41) is 2.90. The summed E-state index contributed by atoms with van der Waals surface area (Å²) in [6.07, 6.45) is 0. The molecule has 0 bridgehead atoms. The minimum Gasteiger partial charge on any atom is -0.340 e. The largest absolute Gasteiger partial charge is 0.340 e.